The van der Waals surface area contributed by atoms with Crippen molar-refractivity contribution in [3.63, 3.8) is 0 Å². The van der Waals surface area contributed by atoms with Crippen LogP contribution in [0.25, 0.3) is 0 Å². The van der Waals surface area contributed by atoms with Crippen LogP contribution in [-0.4, -0.2) is 39.9 Å². The number of nitrogens with two attached hydrogens (primary N) is 1. The predicted octanol–water partition coefficient (Wildman–Crippen LogP) is 0.603. The highest BCUT2D eigenvalue weighted by molar-refractivity contribution is 8.00. The Morgan fingerprint density at radius 3 is 2.76 bits per heavy atom. The molecule has 1 aromatic rings. The number of carboxylic acids is 1. The second kappa shape index (κ2) is 6.23. The molecule has 0 spiro atoms. The Morgan fingerprint density at radius 2 is 2.14 bits per heavy atom. The first-order valence-electron chi connectivity index (χ1n) is 6.13. The Bertz CT molecular complexity index is 595. The molecule has 0 aliphatic carbocycles. The van der Waals surface area contributed by atoms with Gasteiger partial charge in [-0.25, -0.2) is 9.29 Å². The summed E-state index contributed by atoms with van der Waals surface area (Å²) < 4.78 is 13.7. The average Bonchev–Trinajstić information content (AvgIpc) is 2.71. The maximum absolute atomic E-state index is 13.7. The maximum Gasteiger partial charge on any atom is 0.321 e. The molecule has 112 valence electrons. The standard InChI is InChI=1S/C13H13FN2O4S/c14-7-3-1-2-4-9(7)16-11(17)5-10(12(16)18)21-6-8(15)13(19)20/h1-4,8,10H,5-6,15H2,(H,19,20)/t8-,10+/m0/s1. The van der Waals surface area contributed by atoms with Crippen LogP contribution in [0.15, 0.2) is 24.3 Å². The fourth-order valence-corrected chi connectivity index (χ4v) is 3.00. The summed E-state index contributed by atoms with van der Waals surface area (Å²) in [6.45, 7) is 0. The summed E-state index contributed by atoms with van der Waals surface area (Å²) in [5.41, 5.74) is 5.27. The zero-order valence-electron chi connectivity index (χ0n) is 10.9. The van der Waals surface area contributed by atoms with Crippen LogP contribution in [0.2, 0.25) is 0 Å². The summed E-state index contributed by atoms with van der Waals surface area (Å²) in [5.74, 6) is -2.89. The number of rotatable bonds is 5. The van der Waals surface area contributed by atoms with Gasteiger partial charge in [-0.2, -0.15) is 0 Å². The number of hydrogen-bond donors (Lipinski definition) is 2. The first kappa shape index (κ1) is 15.5. The third-order valence-electron chi connectivity index (χ3n) is 2.99. The number of imide groups is 1. The molecule has 0 aromatic heterocycles. The third kappa shape index (κ3) is 3.22. The van der Waals surface area contributed by atoms with Gasteiger partial charge in [0.25, 0.3) is 0 Å². The van der Waals surface area contributed by atoms with E-state index in [4.69, 9.17) is 10.8 Å². The van der Waals surface area contributed by atoms with Crippen molar-refractivity contribution in [2.75, 3.05) is 10.7 Å². The van der Waals surface area contributed by atoms with Gasteiger partial charge < -0.3 is 10.8 Å². The molecule has 1 aliphatic rings. The number of aliphatic carboxylic acids is 1. The van der Waals surface area contributed by atoms with Crippen LogP contribution in [0.1, 0.15) is 6.42 Å². The third-order valence-corrected chi connectivity index (χ3v) is 4.31. The van der Waals surface area contributed by atoms with Crippen molar-refractivity contribution < 1.29 is 23.9 Å². The number of benzene rings is 1. The topological polar surface area (TPSA) is 101 Å². The van der Waals surface area contributed by atoms with Crippen molar-refractivity contribution in [1.82, 2.24) is 0 Å². The van der Waals surface area contributed by atoms with E-state index < -0.39 is 34.9 Å². The van der Waals surface area contributed by atoms with Gasteiger partial charge >= 0.3 is 5.97 Å². The number of amides is 2. The van der Waals surface area contributed by atoms with E-state index >= 15 is 0 Å². The number of para-hydroxylation sites is 1. The number of hydrogen-bond acceptors (Lipinski definition) is 5. The molecule has 8 heteroatoms. The molecular formula is C13H13FN2O4S. The van der Waals surface area contributed by atoms with E-state index in [1.165, 1.54) is 18.2 Å². The van der Waals surface area contributed by atoms with E-state index in [0.29, 0.717) is 0 Å². The van der Waals surface area contributed by atoms with Crippen molar-refractivity contribution in [3.8, 4) is 0 Å². The van der Waals surface area contributed by atoms with Gasteiger partial charge in [0.2, 0.25) is 11.8 Å². The molecule has 0 unspecified atom stereocenters. The van der Waals surface area contributed by atoms with E-state index in [0.717, 1.165) is 22.7 Å². The summed E-state index contributed by atoms with van der Waals surface area (Å²) in [7, 11) is 0. The summed E-state index contributed by atoms with van der Waals surface area (Å²) in [5, 5.41) is 7.96. The summed E-state index contributed by atoms with van der Waals surface area (Å²) >= 11 is 0.996. The minimum absolute atomic E-state index is 0.00410. The van der Waals surface area contributed by atoms with Gasteiger partial charge in [-0.3, -0.25) is 14.4 Å². The zero-order chi connectivity index (χ0) is 15.6. The highest BCUT2D eigenvalue weighted by Crippen LogP contribution is 2.31. The van der Waals surface area contributed by atoms with E-state index in [9.17, 15) is 18.8 Å². The highest BCUT2D eigenvalue weighted by Gasteiger charge is 2.41. The van der Waals surface area contributed by atoms with E-state index in [1.54, 1.807) is 0 Å². The Morgan fingerprint density at radius 1 is 1.48 bits per heavy atom. The highest BCUT2D eigenvalue weighted by atomic mass is 32.2. The average molecular weight is 312 g/mol. The van der Waals surface area contributed by atoms with E-state index in [1.807, 2.05) is 0 Å². The summed E-state index contributed by atoms with van der Waals surface area (Å²) in [6.07, 6.45) is -0.0931. The van der Waals surface area contributed by atoms with E-state index in [2.05, 4.69) is 0 Å². The van der Waals surface area contributed by atoms with Crippen LogP contribution < -0.4 is 10.6 Å². The SMILES string of the molecule is N[C@@H](CS[C@@H]1CC(=O)N(c2ccccc2F)C1=O)C(=O)O. The molecule has 1 fully saturated rings. The summed E-state index contributed by atoms with van der Waals surface area (Å²) in [4.78, 5) is 35.5. The fraction of sp³-hybridized carbons (Fsp3) is 0.308. The molecule has 2 atom stereocenters. The molecule has 1 saturated heterocycles. The fourth-order valence-electron chi connectivity index (χ4n) is 1.91. The summed E-state index contributed by atoms with van der Waals surface area (Å²) in [6, 6.07) is 4.39. The number of carbonyl (C=O) groups is 3. The number of thioether (sulfide) groups is 1. The Hall–Kier alpha value is -1.93. The molecule has 0 bridgehead atoms. The molecule has 21 heavy (non-hydrogen) atoms. The Kier molecular flexibility index (Phi) is 4.59. The van der Waals surface area contributed by atoms with Gasteiger partial charge in [0, 0.05) is 12.2 Å². The van der Waals surface area contributed by atoms with Gasteiger partial charge in [-0.15, -0.1) is 11.8 Å². The number of carboxylic acid groups (broad SMARTS) is 1. The first-order chi connectivity index (χ1) is 9.91. The lowest BCUT2D eigenvalue weighted by Gasteiger charge is -2.15. The van der Waals surface area contributed by atoms with Crippen molar-refractivity contribution in [2.24, 2.45) is 5.73 Å². The molecule has 3 N–H and O–H groups in total. The van der Waals surface area contributed by atoms with Crippen molar-refractivity contribution in [3.05, 3.63) is 30.1 Å². The molecule has 1 heterocycles. The van der Waals surface area contributed by atoms with Crippen LogP contribution in [0, 0.1) is 5.82 Å². The first-order valence-corrected chi connectivity index (χ1v) is 7.18. The quantitative estimate of drug-likeness (QED) is 0.772. The Labute approximate surface area is 124 Å². The molecule has 2 amide bonds. The van der Waals surface area contributed by atoms with Crippen molar-refractivity contribution in [2.45, 2.75) is 17.7 Å². The lowest BCUT2D eigenvalue weighted by molar-refractivity contribution is -0.138. The van der Waals surface area contributed by atoms with Crippen LogP contribution in [0.4, 0.5) is 10.1 Å². The lowest BCUT2D eigenvalue weighted by Crippen LogP contribution is -2.35. The smallest absolute Gasteiger partial charge is 0.321 e. The van der Waals surface area contributed by atoms with Crippen LogP contribution in [0.3, 0.4) is 0 Å². The van der Waals surface area contributed by atoms with Gasteiger partial charge in [0.05, 0.1) is 10.9 Å². The second-order valence-corrected chi connectivity index (χ2v) is 5.73. The molecule has 1 aromatic carbocycles. The molecule has 0 radical (unpaired) electrons. The molecule has 2 rings (SSSR count). The minimum Gasteiger partial charge on any atom is -0.480 e. The molecule has 0 saturated carbocycles. The monoisotopic (exact) mass is 312 g/mol. The van der Waals surface area contributed by atoms with Crippen LogP contribution in [0.5, 0.6) is 0 Å². The zero-order valence-corrected chi connectivity index (χ0v) is 11.7. The van der Waals surface area contributed by atoms with Crippen LogP contribution >= 0.6 is 11.8 Å². The Balaban J connectivity index is 2.10. The normalized spacial score (nSPS) is 19.9. The molecule has 6 nitrogen and oxygen atoms in total. The van der Waals surface area contributed by atoms with E-state index in [-0.39, 0.29) is 17.9 Å². The molecular weight excluding hydrogens is 299 g/mol. The van der Waals surface area contributed by atoms with Crippen molar-refractivity contribution in [1.29, 1.82) is 0 Å². The number of nitrogens with zero attached hydrogens (tertiary/aromatic N) is 1. The second-order valence-electron chi connectivity index (χ2n) is 4.49. The maximum atomic E-state index is 13.7. The van der Waals surface area contributed by atoms with Gasteiger partial charge in [0.15, 0.2) is 0 Å². The molecule has 1 aliphatic heterocycles. The van der Waals surface area contributed by atoms with Gasteiger partial charge in [-0.1, -0.05) is 12.1 Å². The number of anilines is 1. The van der Waals surface area contributed by atoms with Gasteiger partial charge in [0.1, 0.15) is 11.9 Å². The largest absolute Gasteiger partial charge is 0.480 e. The lowest BCUT2D eigenvalue weighted by atomic mass is 10.3. The van der Waals surface area contributed by atoms with Gasteiger partial charge in [-0.05, 0) is 12.1 Å². The number of halogens is 1. The number of carbonyl (C=O) groups excluding carboxylic acids is 2. The van der Waals surface area contributed by atoms with Crippen LogP contribution in [-0.2, 0) is 14.4 Å². The predicted molar refractivity (Wildman–Crippen MR) is 75.4 cm³/mol. The van der Waals surface area contributed by atoms with Crippen molar-refractivity contribution >= 4 is 35.2 Å². The minimum atomic E-state index is -1.18.